The Morgan fingerprint density at radius 1 is 1.55 bits per heavy atom. The molecule has 0 radical (unpaired) electrons. The lowest BCUT2D eigenvalue weighted by Crippen LogP contribution is -2.14. The first-order valence-electron chi connectivity index (χ1n) is 6.45. The monoisotopic (exact) mass is 280 g/mol. The Hall–Kier alpha value is -2.15. The van der Waals surface area contributed by atoms with Crippen molar-refractivity contribution in [1.29, 1.82) is 0 Å². The van der Waals surface area contributed by atoms with Gasteiger partial charge in [0.2, 0.25) is 0 Å². The molecule has 1 aliphatic heterocycles. The highest BCUT2D eigenvalue weighted by molar-refractivity contribution is 5.95. The highest BCUT2D eigenvalue weighted by Crippen LogP contribution is 2.28. The summed E-state index contributed by atoms with van der Waals surface area (Å²) in [7, 11) is 0. The third-order valence-corrected chi connectivity index (χ3v) is 3.25. The second-order valence-electron chi connectivity index (χ2n) is 4.61. The number of ether oxygens (including phenoxy) is 1. The fourth-order valence-electron chi connectivity index (χ4n) is 2.30. The highest BCUT2D eigenvalue weighted by Gasteiger charge is 2.24. The largest absolute Gasteiger partial charge is 0.477 e. The molecule has 108 valence electrons. The number of carboxylic acid groups (broad SMARTS) is 1. The molecule has 1 fully saturated rings. The van der Waals surface area contributed by atoms with Crippen LogP contribution in [0.3, 0.4) is 0 Å². The zero-order valence-electron chi connectivity index (χ0n) is 10.9. The fourth-order valence-corrected chi connectivity index (χ4v) is 2.30. The van der Waals surface area contributed by atoms with Crippen LogP contribution in [-0.4, -0.2) is 35.3 Å². The number of para-hydroxylation sites is 1. The van der Waals surface area contributed by atoms with Gasteiger partial charge >= 0.3 is 11.7 Å². The van der Waals surface area contributed by atoms with E-state index in [9.17, 15) is 14.9 Å². The summed E-state index contributed by atoms with van der Waals surface area (Å²) in [6, 6.07) is 4.23. The number of aromatic carboxylic acids is 1. The molecule has 1 unspecified atom stereocenters. The van der Waals surface area contributed by atoms with Crippen LogP contribution in [0.2, 0.25) is 0 Å². The highest BCUT2D eigenvalue weighted by atomic mass is 16.6. The molecule has 1 heterocycles. The summed E-state index contributed by atoms with van der Waals surface area (Å²) in [5, 5.41) is 23.0. The SMILES string of the molecule is O=C(O)c1cccc(NCCC2CCCO2)c1[N+](=O)[O-]. The molecule has 0 bridgehead atoms. The number of hydrogen-bond donors (Lipinski definition) is 2. The van der Waals surface area contributed by atoms with E-state index in [4.69, 9.17) is 9.84 Å². The molecule has 20 heavy (non-hydrogen) atoms. The summed E-state index contributed by atoms with van der Waals surface area (Å²) in [6.45, 7) is 1.27. The predicted octanol–water partition coefficient (Wildman–Crippen LogP) is 2.27. The average molecular weight is 280 g/mol. The van der Waals surface area contributed by atoms with Crippen LogP contribution in [0.15, 0.2) is 18.2 Å². The second kappa shape index (κ2) is 6.33. The van der Waals surface area contributed by atoms with Crippen LogP contribution < -0.4 is 5.32 Å². The lowest BCUT2D eigenvalue weighted by atomic mass is 10.1. The van der Waals surface area contributed by atoms with Gasteiger partial charge in [0.25, 0.3) is 0 Å². The van der Waals surface area contributed by atoms with E-state index >= 15 is 0 Å². The zero-order valence-corrected chi connectivity index (χ0v) is 10.9. The van der Waals surface area contributed by atoms with E-state index in [1.165, 1.54) is 18.2 Å². The minimum atomic E-state index is -1.31. The van der Waals surface area contributed by atoms with Gasteiger partial charge in [-0.3, -0.25) is 10.1 Å². The molecule has 0 spiro atoms. The van der Waals surface area contributed by atoms with Gasteiger partial charge in [0.05, 0.1) is 11.0 Å². The van der Waals surface area contributed by atoms with Crippen molar-refractivity contribution in [2.75, 3.05) is 18.5 Å². The summed E-state index contributed by atoms with van der Waals surface area (Å²) in [5.74, 6) is -1.31. The maximum atomic E-state index is 11.0. The van der Waals surface area contributed by atoms with E-state index in [2.05, 4.69) is 5.32 Å². The Morgan fingerprint density at radius 3 is 2.95 bits per heavy atom. The van der Waals surface area contributed by atoms with E-state index < -0.39 is 16.6 Å². The predicted molar refractivity (Wildman–Crippen MR) is 72.1 cm³/mol. The fraction of sp³-hybridized carbons (Fsp3) is 0.462. The lowest BCUT2D eigenvalue weighted by Gasteiger charge is -2.11. The van der Waals surface area contributed by atoms with Gasteiger partial charge in [0.15, 0.2) is 0 Å². The number of nitrogens with one attached hydrogen (secondary N) is 1. The minimum absolute atomic E-state index is 0.184. The molecule has 1 atom stereocenters. The van der Waals surface area contributed by atoms with Gasteiger partial charge in [0, 0.05) is 13.2 Å². The van der Waals surface area contributed by atoms with E-state index in [1.54, 1.807) is 0 Å². The Labute approximate surface area is 115 Å². The van der Waals surface area contributed by atoms with Crippen molar-refractivity contribution in [3.8, 4) is 0 Å². The molecule has 1 aliphatic rings. The Kier molecular flexibility index (Phi) is 4.52. The van der Waals surface area contributed by atoms with Crippen molar-refractivity contribution in [3.05, 3.63) is 33.9 Å². The van der Waals surface area contributed by atoms with Gasteiger partial charge in [-0.2, -0.15) is 0 Å². The normalized spacial score (nSPS) is 17.9. The molecule has 2 rings (SSSR count). The number of rotatable bonds is 6. The van der Waals surface area contributed by atoms with Gasteiger partial charge in [-0.25, -0.2) is 4.79 Å². The van der Waals surface area contributed by atoms with Crippen molar-refractivity contribution in [2.24, 2.45) is 0 Å². The van der Waals surface area contributed by atoms with Crippen molar-refractivity contribution < 1.29 is 19.6 Å². The first-order valence-corrected chi connectivity index (χ1v) is 6.45. The van der Waals surface area contributed by atoms with Gasteiger partial charge in [-0.1, -0.05) is 6.07 Å². The smallest absolute Gasteiger partial charge is 0.342 e. The molecule has 0 saturated carbocycles. The van der Waals surface area contributed by atoms with Crippen LogP contribution >= 0.6 is 0 Å². The van der Waals surface area contributed by atoms with E-state index in [1.807, 2.05) is 0 Å². The summed E-state index contributed by atoms with van der Waals surface area (Å²) >= 11 is 0. The number of nitrogens with zero attached hydrogens (tertiary/aromatic N) is 1. The zero-order chi connectivity index (χ0) is 14.5. The maximum Gasteiger partial charge on any atom is 0.342 e. The van der Waals surface area contributed by atoms with Gasteiger partial charge in [-0.05, 0) is 31.4 Å². The van der Waals surface area contributed by atoms with Gasteiger partial charge < -0.3 is 15.2 Å². The molecule has 0 aromatic heterocycles. The molecule has 7 heteroatoms. The Balaban J connectivity index is 2.08. The lowest BCUT2D eigenvalue weighted by molar-refractivity contribution is -0.384. The number of nitro benzene ring substituents is 1. The van der Waals surface area contributed by atoms with Crippen molar-refractivity contribution >= 4 is 17.3 Å². The molecule has 1 saturated heterocycles. The van der Waals surface area contributed by atoms with Crippen molar-refractivity contribution in [2.45, 2.75) is 25.4 Å². The maximum absolute atomic E-state index is 11.0. The Morgan fingerprint density at radius 2 is 2.35 bits per heavy atom. The molecular formula is C13H16N2O5. The summed E-state index contributed by atoms with van der Waals surface area (Å²) in [6.07, 6.45) is 2.97. The molecule has 0 amide bonds. The van der Waals surface area contributed by atoms with Crippen molar-refractivity contribution in [3.63, 3.8) is 0 Å². The van der Waals surface area contributed by atoms with E-state index in [0.717, 1.165) is 25.9 Å². The quantitative estimate of drug-likeness (QED) is 0.612. The first kappa shape index (κ1) is 14.3. The van der Waals surface area contributed by atoms with Crippen LogP contribution in [0.25, 0.3) is 0 Å². The molecule has 1 aromatic carbocycles. The second-order valence-corrected chi connectivity index (χ2v) is 4.61. The van der Waals surface area contributed by atoms with Crippen molar-refractivity contribution in [1.82, 2.24) is 0 Å². The molecule has 1 aromatic rings. The first-order chi connectivity index (χ1) is 9.59. The molecular weight excluding hydrogens is 264 g/mol. The van der Waals surface area contributed by atoms with Crippen LogP contribution in [0.4, 0.5) is 11.4 Å². The summed E-state index contributed by atoms with van der Waals surface area (Å²) in [4.78, 5) is 21.4. The number of anilines is 1. The number of carbonyl (C=O) groups is 1. The van der Waals surface area contributed by atoms with E-state index in [-0.39, 0.29) is 17.4 Å². The van der Waals surface area contributed by atoms with Gasteiger partial charge in [-0.15, -0.1) is 0 Å². The molecule has 2 N–H and O–H groups in total. The summed E-state index contributed by atoms with van der Waals surface area (Å²) < 4.78 is 5.46. The standard InChI is InChI=1S/C13H16N2O5/c16-13(17)10-4-1-5-11(12(10)15(18)19)14-7-6-9-3-2-8-20-9/h1,4-5,9,14H,2-3,6-8H2,(H,16,17). The Bertz CT molecular complexity index is 511. The molecule has 7 nitrogen and oxygen atoms in total. The van der Waals surface area contributed by atoms with Crippen LogP contribution in [0.1, 0.15) is 29.6 Å². The number of nitro groups is 1. The van der Waals surface area contributed by atoms with Crippen LogP contribution in [-0.2, 0) is 4.74 Å². The van der Waals surface area contributed by atoms with E-state index in [0.29, 0.717) is 6.54 Å². The summed E-state index contributed by atoms with van der Waals surface area (Å²) in [5.41, 5.74) is -0.475. The third-order valence-electron chi connectivity index (χ3n) is 3.25. The molecule has 0 aliphatic carbocycles. The number of carboxylic acids is 1. The average Bonchev–Trinajstić information content (AvgIpc) is 2.91. The number of benzene rings is 1. The third kappa shape index (κ3) is 3.24. The van der Waals surface area contributed by atoms with Crippen LogP contribution in [0, 0.1) is 10.1 Å². The topological polar surface area (TPSA) is 102 Å². The van der Waals surface area contributed by atoms with Gasteiger partial charge in [0.1, 0.15) is 11.3 Å². The van der Waals surface area contributed by atoms with Crippen LogP contribution in [0.5, 0.6) is 0 Å². The number of hydrogen-bond acceptors (Lipinski definition) is 5. The minimum Gasteiger partial charge on any atom is -0.477 e.